The summed E-state index contributed by atoms with van der Waals surface area (Å²) in [6.45, 7) is 0.405. The summed E-state index contributed by atoms with van der Waals surface area (Å²) in [5.41, 5.74) is 1.34. The Morgan fingerprint density at radius 2 is 2.15 bits per heavy atom. The minimum atomic E-state index is -3.59. The second-order valence-corrected chi connectivity index (χ2v) is 6.45. The largest absolute Gasteiger partial charge is 0.377 e. The van der Waals surface area contributed by atoms with Crippen molar-refractivity contribution < 1.29 is 8.42 Å². The summed E-state index contributed by atoms with van der Waals surface area (Å²) in [6.07, 6.45) is 1.32. The highest BCUT2D eigenvalue weighted by atomic mass is 32.2. The van der Waals surface area contributed by atoms with Crippen molar-refractivity contribution >= 4 is 38.6 Å². The Labute approximate surface area is 120 Å². The minimum absolute atomic E-state index is 0.205. The Kier molecular flexibility index (Phi) is 3.14. The molecule has 0 bridgehead atoms. The number of aromatic nitrogens is 2. The van der Waals surface area contributed by atoms with Gasteiger partial charge in [0.2, 0.25) is 0 Å². The predicted octanol–water partition coefficient (Wildman–Crippen LogP) is 1.32. The SMILES string of the molecule is CNc1snnc1CN1C=NS(=O)(=O)c2ccccc21. The van der Waals surface area contributed by atoms with Crippen LogP contribution in [0.4, 0.5) is 10.7 Å². The molecule has 1 aromatic heterocycles. The van der Waals surface area contributed by atoms with Gasteiger partial charge in [0.1, 0.15) is 21.9 Å². The number of para-hydroxylation sites is 1. The molecule has 1 aliphatic heterocycles. The quantitative estimate of drug-likeness (QED) is 0.920. The first-order valence-corrected chi connectivity index (χ1v) is 7.98. The van der Waals surface area contributed by atoms with Crippen LogP contribution < -0.4 is 10.2 Å². The van der Waals surface area contributed by atoms with Crippen LogP contribution in [-0.4, -0.2) is 31.4 Å². The van der Waals surface area contributed by atoms with E-state index >= 15 is 0 Å². The highest BCUT2D eigenvalue weighted by Crippen LogP contribution is 2.31. The van der Waals surface area contributed by atoms with Crippen LogP contribution in [0.1, 0.15) is 5.69 Å². The van der Waals surface area contributed by atoms with Crippen molar-refractivity contribution in [2.75, 3.05) is 17.3 Å². The van der Waals surface area contributed by atoms with Crippen molar-refractivity contribution in [3.05, 3.63) is 30.0 Å². The lowest BCUT2D eigenvalue weighted by Gasteiger charge is -2.24. The predicted molar refractivity (Wildman–Crippen MR) is 77.8 cm³/mol. The zero-order chi connectivity index (χ0) is 14.2. The molecule has 3 rings (SSSR count). The molecule has 1 aromatic carbocycles. The first-order chi connectivity index (χ1) is 9.62. The van der Waals surface area contributed by atoms with Crippen molar-refractivity contribution in [2.45, 2.75) is 11.4 Å². The third kappa shape index (κ3) is 2.14. The lowest BCUT2D eigenvalue weighted by Crippen LogP contribution is -2.27. The van der Waals surface area contributed by atoms with E-state index in [9.17, 15) is 8.42 Å². The summed E-state index contributed by atoms with van der Waals surface area (Å²) in [7, 11) is -1.80. The topological polar surface area (TPSA) is 87.6 Å². The van der Waals surface area contributed by atoms with Gasteiger partial charge in [-0.2, -0.15) is 8.42 Å². The molecule has 0 unspecified atom stereocenters. The van der Waals surface area contributed by atoms with Crippen molar-refractivity contribution in [3.8, 4) is 0 Å². The van der Waals surface area contributed by atoms with E-state index in [2.05, 4.69) is 19.3 Å². The molecule has 9 heteroatoms. The third-order valence-corrected chi connectivity index (χ3v) is 4.94. The standard InChI is InChI=1S/C11H11N5O2S2/c1-12-11-8(14-15-19-11)6-16-7-13-20(17,18)10-5-3-2-4-9(10)16/h2-5,7,12H,6H2,1H3. The van der Waals surface area contributed by atoms with E-state index in [-0.39, 0.29) is 4.90 Å². The number of benzene rings is 1. The van der Waals surface area contributed by atoms with E-state index in [0.717, 1.165) is 10.7 Å². The average molecular weight is 309 g/mol. The van der Waals surface area contributed by atoms with Gasteiger partial charge in [-0.15, -0.1) is 9.50 Å². The normalized spacial score (nSPS) is 15.9. The van der Waals surface area contributed by atoms with Gasteiger partial charge in [0.05, 0.1) is 12.2 Å². The van der Waals surface area contributed by atoms with Crippen LogP contribution in [0.15, 0.2) is 33.6 Å². The molecule has 0 atom stereocenters. The number of hydrogen-bond acceptors (Lipinski definition) is 7. The Hall–Kier alpha value is -2.00. The van der Waals surface area contributed by atoms with Crippen LogP contribution in [-0.2, 0) is 16.6 Å². The molecule has 7 nitrogen and oxygen atoms in total. The molecule has 0 aliphatic carbocycles. The van der Waals surface area contributed by atoms with E-state index in [1.54, 1.807) is 36.2 Å². The van der Waals surface area contributed by atoms with Gasteiger partial charge in [0.25, 0.3) is 10.0 Å². The Balaban J connectivity index is 2.00. The molecule has 0 saturated carbocycles. The molecule has 0 spiro atoms. The first kappa shape index (κ1) is 13.0. The molecule has 1 N–H and O–H groups in total. The van der Waals surface area contributed by atoms with Crippen LogP contribution in [0.25, 0.3) is 0 Å². The highest BCUT2D eigenvalue weighted by molar-refractivity contribution is 7.90. The molecular weight excluding hydrogens is 298 g/mol. The van der Waals surface area contributed by atoms with Gasteiger partial charge in [0, 0.05) is 18.6 Å². The summed E-state index contributed by atoms with van der Waals surface area (Å²) in [5.74, 6) is 0. The molecule has 0 radical (unpaired) electrons. The average Bonchev–Trinajstić information content (AvgIpc) is 2.90. The van der Waals surface area contributed by atoms with Crippen LogP contribution in [0.2, 0.25) is 0 Å². The molecule has 104 valence electrons. The van der Waals surface area contributed by atoms with E-state index < -0.39 is 10.0 Å². The summed E-state index contributed by atoms with van der Waals surface area (Å²) >= 11 is 1.26. The zero-order valence-corrected chi connectivity index (χ0v) is 12.1. The maximum Gasteiger partial charge on any atom is 0.285 e. The van der Waals surface area contributed by atoms with Crippen LogP contribution in [0.5, 0.6) is 0 Å². The molecule has 2 heterocycles. The first-order valence-electron chi connectivity index (χ1n) is 5.77. The number of fused-ring (bicyclic) bond motifs is 1. The third-order valence-electron chi connectivity index (χ3n) is 2.88. The number of nitrogens with one attached hydrogen (secondary N) is 1. The molecule has 0 amide bonds. The van der Waals surface area contributed by atoms with E-state index in [4.69, 9.17) is 0 Å². The van der Waals surface area contributed by atoms with Gasteiger partial charge in [-0.3, -0.25) is 0 Å². The van der Waals surface area contributed by atoms with E-state index in [1.807, 2.05) is 0 Å². The Bertz CT molecular complexity index is 769. The summed E-state index contributed by atoms with van der Waals surface area (Å²) in [4.78, 5) is 1.95. The zero-order valence-electron chi connectivity index (χ0n) is 10.5. The van der Waals surface area contributed by atoms with E-state index in [0.29, 0.717) is 12.2 Å². The van der Waals surface area contributed by atoms with Crippen molar-refractivity contribution in [1.82, 2.24) is 9.59 Å². The fourth-order valence-corrected chi connectivity index (χ4v) is 3.51. The second-order valence-electron chi connectivity index (χ2n) is 4.09. The number of nitrogens with zero attached hydrogens (tertiary/aromatic N) is 4. The monoisotopic (exact) mass is 309 g/mol. The molecule has 0 saturated heterocycles. The van der Waals surface area contributed by atoms with Gasteiger partial charge >= 0.3 is 0 Å². The second kappa shape index (κ2) is 4.84. The lowest BCUT2D eigenvalue weighted by molar-refractivity contribution is 0.597. The molecule has 2 aromatic rings. The van der Waals surface area contributed by atoms with Gasteiger partial charge in [-0.1, -0.05) is 16.6 Å². The van der Waals surface area contributed by atoms with Gasteiger partial charge < -0.3 is 10.2 Å². The molecule has 0 fully saturated rings. The van der Waals surface area contributed by atoms with Crippen LogP contribution in [0, 0.1) is 0 Å². The molecule has 1 aliphatic rings. The van der Waals surface area contributed by atoms with E-state index in [1.165, 1.54) is 17.9 Å². The summed E-state index contributed by atoms with van der Waals surface area (Å²) in [5, 5.41) is 7.90. The maximum atomic E-state index is 11.9. The Morgan fingerprint density at radius 3 is 2.95 bits per heavy atom. The van der Waals surface area contributed by atoms with Crippen LogP contribution >= 0.6 is 11.5 Å². The number of rotatable bonds is 3. The summed E-state index contributed by atoms with van der Waals surface area (Å²) in [6, 6.07) is 6.76. The number of hydrogen-bond donors (Lipinski definition) is 1. The van der Waals surface area contributed by atoms with Crippen LogP contribution in [0.3, 0.4) is 0 Å². The van der Waals surface area contributed by atoms with Crippen molar-refractivity contribution in [2.24, 2.45) is 4.40 Å². The highest BCUT2D eigenvalue weighted by Gasteiger charge is 2.25. The molecular formula is C11H11N5O2S2. The Morgan fingerprint density at radius 1 is 1.35 bits per heavy atom. The minimum Gasteiger partial charge on any atom is -0.377 e. The van der Waals surface area contributed by atoms with Crippen molar-refractivity contribution in [3.63, 3.8) is 0 Å². The summed E-state index contributed by atoms with van der Waals surface area (Å²) < 4.78 is 31.3. The maximum absolute atomic E-state index is 11.9. The smallest absolute Gasteiger partial charge is 0.285 e. The fourth-order valence-electron chi connectivity index (χ4n) is 1.94. The van der Waals surface area contributed by atoms with Gasteiger partial charge in [0.15, 0.2) is 0 Å². The molecule has 20 heavy (non-hydrogen) atoms. The fraction of sp³-hybridized carbons (Fsp3) is 0.182. The number of sulfonamides is 1. The number of anilines is 2. The lowest BCUT2D eigenvalue weighted by atomic mass is 10.3. The van der Waals surface area contributed by atoms with Gasteiger partial charge in [-0.05, 0) is 12.1 Å². The van der Waals surface area contributed by atoms with Crippen molar-refractivity contribution in [1.29, 1.82) is 0 Å². The van der Waals surface area contributed by atoms with Gasteiger partial charge in [-0.25, -0.2) is 0 Å².